The average molecular weight is 729 g/mol. The second-order valence-electron chi connectivity index (χ2n) is 15.2. The molecule has 0 aliphatic heterocycles. The first kappa shape index (κ1) is 45.6. The summed E-state index contributed by atoms with van der Waals surface area (Å²) in [6.45, 7) is 12.7. The molecule has 0 saturated heterocycles. The van der Waals surface area contributed by atoms with Crippen molar-refractivity contribution < 1.29 is 33.0 Å². The van der Waals surface area contributed by atoms with Gasteiger partial charge in [0.25, 0.3) is 0 Å². The van der Waals surface area contributed by atoms with Gasteiger partial charge in [0.2, 0.25) is 0 Å². The van der Waals surface area contributed by atoms with E-state index in [0.717, 1.165) is 101 Å². The Kier molecular flexibility index (Phi) is 24.5. The Bertz CT molecular complexity index is 1240. The highest BCUT2D eigenvalue weighted by molar-refractivity contribution is 5.70. The third-order valence-corrected chi connectivity index (χ3v) is 10.8. The molecule has 0 unspecified atom stereocenters. The zero-order valence-corrected chi connectivity index (χ0v) is 34.3. The highest BCUT2D eigenvalue weighted by atomic mass is 16.6. The highest BCUT2D eigenvalue weighted by Crippen LogP contribution is 2.26. The number of ether oxygens (including phenoxy) is 2. The largest absolute Gasteiger partial charge is 0.466 e. The fourth-order valence-electron chi connectivity index (χ4n) is 7.01. The summed E-state index contributed by atoms with van der Waals surface area (Å²) in [5, 5.41) is 9.62. The molecule has 2 heterocycles. The quantitative estimate of drug-likeness (QED) is 0.0591. The summed E-state index contributed by atoms with van der Waals surface area (Å²) < 4.78 is 23.0. The Balaban J connectivity index is 1.39. The zero-order chi connectivity index (χ0) is 38.0. The minimum Gasteiger partial charge on any atom is -0.466 e. The van der Waals surface area contributed by atoms with E-state index in [1.54, 1.807) is 0 Å². The molecule has 2 aromatic rings. The van der Waals surface area contributed by atoms with Crippen LogP contribution >= 0.6 is 0 Å². The second kappa shape index (κ2) is 28.0. The van der Waals surface area contributed by atoms with Crippen molar-refractivity contribution in [1.82, 2.24) is 0 Å². The van der Waals surface area contributed by atoms with Crippen molar-refractivity contribution >= 4 is 11.9 Å². The number of aliphatic hydroxyl groups excluding tert-OH is 1. The number of carbonyl (C=O) groups excluding carboxylic acids is 2. The van der Waals surface area contributed by atoms with E-state index in [1.165, 1.54) is 98.0 Å². The molecule has 0 bridgehead atoms. The van der Waals surface area contributed by atoms with Crippen LogP contribution in [-0.4, -0.2) is 36.4 Å². The Morgan fingerprint density at radius 2 is 0.865 bits per heavy atom. The van der Waals surface area contributed by atoms with Crippen molar-refractivity contribution in [3.8, 4) is 0 Å². The van der Waals surface area contributed by atoms with E-state index in [1.807, 2.05) is 0 Å². The van der Waals surface area contributed by atoms with Gasteiger partial charge in [-0.25, -0.2) is 0 Å². The Hall–Kier alpha value is -2.54. The topological polar surface area (TPSA) is 99.1 Å². The molecule has 1 N–H and O–H groups in total. The summed E-state index contributed by atoms with van der Waals surface area (Å²) in [5.41, 5.74) is 5.35. The molecule has 0 saturated carbocycles. The number of aliphatic hydroxyl groups is 1. The lowest BCUT2D eigenvalue weighted by Gasteiger charge is -2.15. The smallest absolute Gasteiger partial charge is 0.306 e. The van der Waals surface area contributed by atoms with Gasteiger partial charge >= 0.3 is 11.9 Å². The van der Waals surface area contributed by atoms with Gasteiger partial charge in [-0.1, -0.05) is 104 Å². The van der Waals surface area contributed by atoms with Gasteiger partial charge in [-0.05, 0) is 88.5 Å². The number of hydrogen-bond acceptors (Lipinski definition) is 7. The van der Waals surface area contributed by atoms with Crippen LogP contribution < -0.4 is 0 Å². The molecule has 2 aromatic heterocycles. The van der Waals surface area contributed by atoms with Crippen LogP contribution in [0.5, 0.6) is 0 Å². The van der Waals surface area contributed by atoms with Crippen molar-refractivity contribution in [2.45, 2.75) is 215 Å². The lowest BCUT2D eigenvalue weighted by Crippen LogP contribution is -2.28. The summed E-state index contributed by atoms with van der Waals surface area (Å²) in [4.78, 5) is 24.5. The molecule has 52 heavy (non-hydrogen) atoms. The van der Waals surface area contributed by atoms with Crippen LogP contribution in [0.1, 0.15) is 200 Å². The first-order chi connectivity index (χ1) is 25.2. The van der Waals surface area contributed by atoms with Gasteiger partial charge in [0.1, 0.15) is 29.6 Å². The number of unbranched alkanes of at least 4 members (excludes halogenated alkanes) is 16. The normalized spacial score (nSPS) is 12.1. The van der Waals surface area contributed by atoms with Crippen LogP contribution in [0.3, 0.4) is 0 Å². The molecule has 0 spiro atoms. The molecule has 0 fully saturated rings. The Morgan fingerprint density at radius 1 is 0.500 bits per heavy atom. The lowest BCUT2D eigenvalue weighted by atomic mass is 10.0. The number of esters is 2. The minimum atomic E-state index is -0.795. The van der Waals surface area contributed by atoms with Gasteiger partial charge in [-0.15, -0.1) is 0 Å². The van der Waals surface area contributed by atoms with E-state index in [4.69, 9.17) is 18.3 Å². The molecule has 0 aliphatic rings. The third-order valence-electron chi connectivity index (χ3n) is 10.8. The fraction of sp³-hybridized carbons (Fsp3) is 0.778. The monoisotopic (exact) mass is 729 g/mol. The number of aryl methyl sites for hydroxylation is 4. The molecule has 1 atom stereocenters. The summed E-state index contributed by atoms with van der Waals surface area (Å²) in [5.74, 6) is 4.07. The van der Waals surface area contributed by atoms with Crippen LogP contribution in [0.25, 0.3) is 0 Å². The van der Waals surface area contributed by atoms with Crippen LogP contribution in [0.4, 0.5) is 0 Å². The standard InChI is InChI=1S/C45H76O7/c1-7-9-22-28-41-37(5)38(6)43(52-41)30-23-18-14-12-10-11-13-15-21-26-32-45(48)50-39(33-46)34-49-44(47)31-25-20-17-16-19-24-29-42-36(4)35(3)40(51-42)27-8-2/h39,46H,7-34H2,1-6H3/t39-/m0/s1. The SMILES string of the molecule is CCCCCc1oc(CCCCCCCCCCCCC(=O)O[C@@H](CO)COC(=O)CCCCCCCCc2oc(CCC)c(C)c2C)c(C)c1C. The summed E-state index contributed by atoms with van der Waals surface area (Å²) in [6, 6.07) is 0. The number of carbonyl (C=O) groups is 2. The number of furan rings is 2. The molecule has 0 aliphatic carbocycles. The maximum atomic E-state index is 12.3. The summed E-state index contributed by atoms with van der Waals surface area (Å²) >= 11 is 0. The second-order valence-corrected chi connectivity index (χ2v) is 15.2. The van der Waals surface area contributed by atoms with Crippen LogP contribution in [0.2, 0.25) is 0 Å². The van der Waals surface area contributed by atoms with Crippen molar-refractivity contribution in [2.75, 3.05) is 13.2 Å². The van der Waals surface area contributed by atoms with E-state index >= 15 is 0 Å². The molecule has 2 rings (SSSR count). The van der Waals surface area contributed by atoms with Crippen molar-refractivity contribution in [3.05, 3.63) is 45.3 Å². The summed E-state index contributed by atoms with van der Waals surface area (Å²) in [6.07, 6.45) is 26.8. The Morgan fingerprint density at radius 3 is 1.27 bits per heavy atom. The van der Waals surface area contributed by atoms with Gasteiger partial charge in [-0.2, -0.15) is 0 Å². The molecule has 0 amide bonds. The molecule has 0 aromatic carbocycles. The minimum absolute atomic E-state index is 0.0884. The van der Waals surface area contributed by atoms with E-state index in [0.29, 0.717) is 12.8 Å². The maximum absolute atomic E-state index is 12.3. The number of hydrogen-bond donors (Lipinski definition) is 1. The van der Waals surface area contributed by atoms with E-state index in [2.05, 4.69) is 41.5 Å². The molecule has 298 valence electrons. The van der Waals surface area contributed by atoms with Gasteiger partial charge in [0.15, 0.2) is 6.10 Å². The summed E-state index contributed by atoms with van der Waals surface area (Å²) in [7, 11) is 0. The van der Waals surface area contributed by atoms with Crippen LogP contribution in [-0.2, 0) is 44.7 Å². The maximum Gasteiger partial charge on any atom is 0.306 e. The van der Waals surface area contributed by atoms with Crippen molar-refractivity contribution in [1.29, 1.82) is 0 Å². The average Bonchev–Trinajstić information content (AvgIpc) is 3.56. The van der Waals surface area contributed by atoms with Gasteiger partial charge in [0, 0.05) is 38.5 Å². The van der Waals surface area contributed by atoms with Crippen LogP contribution in [0, 0.1) is 27.7 Å². The molecule has 0 radical (unpaired) electrons. The van der Waals surface area contributed by atoms with Crippen molar-refractivity contribution in [2.24, 2.45) is 0 Å². The van der Waals surface area contributed by atoms with Crippen LogP contribution in [0.15, 0.2) is 8.83 Å². The predicted molar refractivity (Wildman–Crippen MR) is 212 cm³/mol. The molecule has 7 nitrogen and oxygen atoms in total. The van der Waals surface area contributed by atoms with E-state index in [9.17, 15) is 14.7 Å². The van der Waals surface area contributed by atoms with E-state index in [-0.39, 0.29) is 25.2 Å². The molecule has 7 heteroatoms. The fourth-order valence-corrected chi connectivity index (χ4v) is 7.01. The third kappa shape index (κ3) is 18.5. The zero-order valence-electron chi connectivity index (χ0n) is 34.3. The van der Waals surface area contributed by atoms with Gasteiger partial charge < -0.3 is 23.4 Å². The van der Waals surface area contributed by atoms with Gasteiger partial charge in [-0.3, -0.25) is 9.59 Å². The first-order valence-corrected chi connectivity index (χ1v) is 21.3. The Labute approximate surface area is 317 Å². The molecular formula is C45H76O7. The number of rotatable bonds is 32. The highest BCUT2D eigenvalue weighted by Gasteiger charge is 2.17. The lowest BCUT2D eigenvalue weighted by molar-refractivity contribution is -0.161. The molecular weight excluding hydrogens is 652 g/mol. The van der Waals surface area contributed by atoms with Crippen molar-refractivity contribution in [3.63, 3.8) is 0 Å². The van der Waals surface area contributed by atoms with E-state index < -0.39 is 6.10 Å². The first-order valence-electron chi connectivity index (χ1n) is 21.3. The predicted octanol–water partition coefficient (Wildman–Crippen LogP) is 12.0. The van der Waals surface area contributed by atoms with Gasteiger partial charge in [0.05, 0.1) is 6.61 Å².